The highest BCUT2D eigenvalue weighted by molar-refractivity contribution is 5.94. The first-order chi connectivity index (χ1) is 14.2. The van der Waals surface area contributed by atoms with Crippen LogP contribution in [0.3, 0.4) is 0 Å². The number of rotatable bonds is 6. The molecule has 150 valence electrons. The van der Waals surface area contributed by atoms with Crippen LogP contribution in [0.4, 0.5) is 11.8 Å². The summed E-state index contributed by atoms with van der Waals surface area (Å²) < 4.78 is 5.40. The van der Waals surface area contributed by atoms with Gasteiger partial charge in [0.25, 0.3) is 5.91 Å². The summed E-state index contributed by atoms with van der Waals surface area (Å²) in [5.74, 6) is 1.26. The van der Waals surface area contributed by atoms with E-state index in [1.54, 1.807) is 6.07 Å². The standard InChI is InChI=1S/C21H24N6O2/c1-15-14-19(27-10-12-29-13-11-27)26-21(24-15)23-9-8-22-20(28)18-7-6-16-4-2-3-5-17(16)25-18/h2-7,14H,8-13H2,1H3,(H,22,28)(H,23,24,26). The van der Waals surface area contributed by atoms with Gasteiger partial charge in [-0.2, -0.15) is 4.98 Å². The minimum absolute atomic E-state index is 0.197. The molecule has 1 saturated heterocycles. The minimum Gasteiger partial charge on any atom is -0.378 e. The van der Waals surface area contributed by atoms with Crippen LogP contribution >= 0.6 is 0 Å². The zero-order valence-corrected chi connectivity index (χ0v) is 16.4. The number of hydrogen-bond donors (Lipinski definition) is 2. The Morgan fingerprint density at radius 2 is 1.90 bits per heavy atom. The molecule has 8 nitrogen and oxygen atoms in total. The Kier molecular flexibility index (Phi) is 5.81. The quantitative estimate of drug-likeness (QED) is 0.620. The van der Waals surface area contributed by atoms with Gasteiger partial charge in [0.05, 0.1) is 18.7 Å². The van der Waals surface area contributed by atoms with E-state index in [0.717, 1.165) is 35.5 Å². The molecule has 8 heteroatoms. The fourth-order valence-corrected chi connectivity index (χ4v) is 3.22. The van der Waals surface area contributed by atoms with Gasteiger partial charge in [-0.3, -0.25) is 4.79 Å². The summed E-state index contributed by atoms with van der Waals surface area (Å²) in [5.41, 5.74) is 2.11. The zero-order valence-electron chi connectivity index (χ0n) is 16.4. The molecule has 1 fully saturated rings. The molecule has 2 N–H and O–H groups in total. The number of benzene rings is 1. The van der Waals surface area contributed by atoms with Crippen LogP contribution in [-0.2, 0) is 4.74 Å². The van der Waals surface area contributed by atoms with E-state index in [4.69, 9.17) is 4.74 Å². The summed E-state index contributed by atoms with van der Waals surface area (Å²) in [4.78, 5) is 28.0. The number of aromatic nitrogens is 3. The number of carbonyl (C=O) groups is 1. The highest BCUT2D eigenvalue weighted by Crippen LogP contribution is 2.16. The van der Waals surface area contributed by atoms with Crippen molar-refractivity contribution in [2.24, 2.45) is 0 Å². The van der Waals surface area contributed by atoms with E-state index in [-0.39, 0.29) is 5.91 Å². The molecule has 3 heterocycles. The van der Waals surface area contributed by atoms with E-state index >= 15 is 0 Å². The maximum absolute atomic E-state index is 12.4. The van der Waals surface area contributed by atoms with Gasteiger partial charge < -0.3 is 20.3 Å². The molecule has 2 aromatic heterocycles. The lowest BCUT2D eigenvalue weighted by atomic mass is 10.2. The van der Waals surface area contributed by atoms with E-state index < -0.39 is 0 Å². The number of ether oxygens (including phenoxy) is 1. The molecule has 1 aliphatic heterocycles. The van der Waals surface area contributed by atoms with E-state index in [9.17, 15) is 4.79 Å². The number of nitrogens with one attached hydrogen (secondary N) is 2. The molecular weight excluding hydrogens is 368 g/mol. The SMILES string of the molecule is Cc1cc(N2CCOCC2)nc(NCCNC(=O)c2ccc3ccccc3n2)n1. The molecule has 4 rings (SSSR count). The van der Waals surface area contributed by atoms with Crippen molar-refractivity contribution in [1.82, 2.24) is 20.3 Å². The van der Waals surface area contributed by atoms with Crippen LogP contribution in [-0.4, -0.2) is 60.3 Å². The number of carbonyl (C=O) groups excluding carboxylic acids is 1. The number of aryl methyl sites for hydroxylation is 1. The molecule has 1 aliphatic rings. The van der Waals surface area contributed by atoms with Crippen molar-refractivity contribution in [3.63, 3.8) is 0 Å². The van der Waals surface area contributed by atoms with Crippen LogP contribution in [0.2, 0.25) is 0 Å². The lowest BCUT2D eigenvalue weighted by molar-refractivity contribution is 0.0950. The lowest BCUT2D eigenvalue weighted by Gasteiger charge is -2.28. The highest BCUT2D eigenvalue weighted by atomic mass is 16.5. The van der Waals surface area contributed by atoms with Crippen molar-refractivity contribution < 1.29 is 9.53 Å². The third kappa shape index (κ3) is 4.78. The maximum atomic E-state index is 12.4. The first kappa shape index (κ1) is 19.1. The van der Waals surface area contributed by atoms with Crippen LogP contribution in [0.5, 0.6) is 0 Å². The number of nitrogens with zero attached hydrogens (tertiary/aromatic N) is 4. The summed E-state index contributed by atoms with van der Waals surface area (Å²) in [6.45, 7) is 5.98. The van der Waals surface area contributed by atoms with Crippen LogP contribution in [0, 0.1) is 6.92 Å². The molecule has 0 radical (unpaired) electrons. The molecule has 0 spiro atoms. The number of hydrogen-bond acceptors (Lipinski definition) is 7. The fourth-order valence-electron chi connectivity index (χ4n) is 3.22. The Balaban J connectivity index is 1.31. The monoisotopic (exact) mass is 392 g/mol. The number of fused-ring (bicyclic) bond motifs is 1. The molecule has 1 amide bonds. The van der Waals surface area contributed by atoms with Crippen LogP contribution in [0.25, 0.3) is 10.9 Å². The highest BCUT2D eigenvalue weighted by Gasteiger charge is 2.14. The molecule has 0 bridgehead atoms. The van der Waals surface area contributed by atoms with Crippen molar-refractivity contribution in [2.45, 2.75) is 6.92 Å². The van der Waals surface area contributed by atoms with E-state index in [1.165, 1.54) is 0 Å². The topological polar surface area (TPSA) is 92.3 Å². The molecule has 0 saturated carbocycles. The van der Waals surface area contributed by atoms with Gasteiger partial charge in [-0.1, -0.05) is 24.3 Å². The van der Waals surface area contributed by atoms with Crippen molar-refractivity contribution in [3.05, 3.63) is 53.9 Å². The number of anilines is 2. The number of pyridine rings is 1. The van der Waals surface area contributed by atoms with Gasteiger partial charge in [0.2, 0.25) is 5.95 Å². The molecule has 0 atom stereocenters. The molecule has 1 aromatic carbocycles. The summed E-state index contributed by atoms with van der Waals surface area (Å²) in [7, 11) is 0. The normalized spacial score (nSPS) is 14.0. The fraction of sp³-hybridized carbons (Fsp3) is 0.333. The van der Waals surface area contributed by atoms with Crippen molar-refractivity contribution in [1.29, 1.82) is 0 Å². The second-order valence-electron chi connectivity index (χ2n) is 6.86. The van der Waals surface area contributed by atoms with Crippen molar-refractivity contribution in [2.75, 3.05) is 49.6 Å². The Morgan fingerprint density at radius 3 is 2.76 bits per heavy atom. The second kappa shape index (κ2) is 8.83. The minimum atomic E-state index is -0.197. The van der Waals surface area contributed by atoms with Gasteiger partial charge in [-0.05, 0) is 19.1 Å². The van der Waals surface area contributed by atoms with E-state index in [0.29, 0.717) is 37.9 Å². The lowest BCUT2D eigenvalue weighted by Crippen LogP contribution is -2.37. The summed E-state index contributed by atoms with van der Waals surface area (Å²) in [5, 5.41) is 7.08. The predicted molar refractivity (Wildman–Crippen MR) is 112 cm³/mol. The number of amides is 1. The van der Waals surface area contributed by atoms with Crippen molar-refractivity contribution in [3.8, 4) is 0 Å². The van der Waals surface area contributed by atoms with E-state index in [2.05, 4.69) is 30.5 Å². The van der Waals surface area contributed by atoms with Gasteiger partial charge in [0, 0.05) is 43.3 Å². The van der Waals surface area contributed by atoms with Crippen LogP contribution < -0.4 is 15.5 Å². The summed E-state index contributed by atoms with van der Waals surface area (Å²) in [6.07, 6.45) is 0. The first-order valence-electron chi connectivity index (χ1n) is 9.75. The second-order valence-corrected chi connectivity index (χ2v) is 6.86. The summed E-state index contributed by atoms with van der Waals surface area (Å²) in [6, 6.07) is 13.4. The predicted octanol–water partition coefficient (Wildman–Crippen LogP) is 2.01. The van der Waals surface area contributed by atoms with E-state index in [1.807, 2.05) is 43.3 Å². The third-order valence-corrected chi connectivity index (χ3v) is 4.70. The number of para-hydroxylation sites is 1. The maximum Gasteiger partial charge on any atom is 0.269 e. The van der Waals surface area contributed by atoms with Gasteiger partial charge in [0.1, 0.15) is 11.5 Å². The smallest absolute Gasteiger partial charge is 0.269 e. The third-order valence-electron chi connectivity index (χ3n) is 4.70. The molecule has 0 aliphatic carbocycles. The average Bonchev–Trinajstić information content (AvgIpc) is 2.76. The van der Waals surface area contributed by atoms with Gasteiger partial charge >= 0.3 is 0 Å². The molecule has 3 aromatic rings. The van der Waals surface area contributed by atoms with Gasteiger partial charge in [-0.15, -0.1) is 0 Å². The van der Waals surface area contributed by atoms with Gasteiger partial charge in [0.15, 0.2) is 0 Å². The Morgan fingerprint density at radius 1 is 1.07 bits per heavy atom. The molecule has 0 unspecified atom stereocenters. The number of morpholine rings is 1. The van der Waals surface area contributed by atoms with Crippen LogP contribution in [0.1, 0.15) is 16.2 Å². The average molecular weight is 392 g/mol. The zero-order chi connectivity index (χ0) is 20.1. The molecule has 29 heavy (non-hydrogen) atoms. The first-order valence-corrected chi connectivity index (χ1v) is 9.75. The Bertz CT molecular complexity index is 1000. The van der Waals surface area contributed by atoms with Gasteiger partial charge in [-0.25, -0.2) is 9.97 Å². The molecular formula is C21H24N6O2. The van der Waals surface area contributed by atoms with Crippen LogP contribution in [0.15, 0.2) is 42.5 Å². The van der Waals surface area contributed by atoms with Crippen molar-refractivity contribution >= 4 is 28.6 Å². The largest absolute Gasteiger partial charge is 0.378 e. The Labute approximate surface area is 169 Å². The summed E-state index contributed by atoms with van der Waals surface area (Å²) >= 11 is 0. The Hall–Kier alpha value is -3.26.